The molecule has 5 nitrogen and oxygen atoms in total. The lowest BCUT2D eigenvalue weighted by Crippen LogP contribution is -2.50. The summed E-state index contributed by atoms with van der Waals surface area (Å²) in [6, 6.07) is 0. The lowest BCUT2D eigenvalue weighted by Gasteiger charge is -2.39. The molecule has 0 aromatic carbocycles. The first-order valence-electron chi connectivity index (χ1n) is 6.10. The molecule has 0 bridgehead atoms. The summed E-state index contributed by atoms with van der Waals surface area (Å²) in [4.78, 5) is 13.9. The Morgan fingerprint density at radius 3 is 2.59 bits per heavy atom. The highest BCUT2D eigenvalue weighted by molar-refractivity contribution is 5.83. The topological polar surface area (TPSA) is 61.8 Å². The van der Waals surface area contributed by atoms with Crippen LogP contribution >= 0.6 is 0 Å². The van der Waals surface area contributed by atoms with Crippen molar-refractivity contribution in [2.45, 2.75) is 25.4 Å². The van der Waals surface area contributed by atoms with Gasteiger partial charge in [0.05, 0.1) is 18.1 Å². The van der Waals surface area contributed by atoms with Crippen LogP contribution in [-0.2, 0) is 9.53 Å². The number of carbonyl (C=O) groups is 1. The highest BCUT2D eigenvalue weighted by Crippen LogP contribution is 2.41. The van der Waals surface area contributed by atoms with E-state index in [0.29, 0.717) is 19.7 Å². The van der Waals surface area contributed by atoms with Gasteiger partial charge in [0.25, 0.3) is 0 Å². The predicted molar refractivity (Wildman–Crippen MR) is 65.7 cm³/mol. The van der Waals surface area contributed by atoms with Crippen LogP contribution in [0.15, 0.2) is 0 Å². The second-order valence-electron chi connectivity index (χ2n) is 5.19. The minimum absolute atomic E-state index is 0.0170. The lowest BCUT2D eigenvalue weighted by atomic mass is 9.68. The first-order chi connectivity index (χ1) is 8.00. The van der Waals surface area contributed by atoms with Crippen LogP contribution in [-0.4, -0.2) is 62.9 Å². The Morgan fingerprint density at radius 2 is 2.18 bits per heavy atom. The summed E-state index contributed by atoms with van der Waals surface area (Å²) < 4.78 is 5.11. The molecule has 0 aromatic rings. The third kappa shape index (κ3) is 3.94. The van der Waals surface area contributed by atoms with Gasteiger partial charge >= 0.3 is 0 Å². The number of methoxy groups -OCH3 is 1. The zero-order chi connectivity index (χ0) is 12.9. The quantitative estimate of drug-likeness (QED) is 0.653. The average Bonchev–Trinajstić information content (AvgIpc) is 2.19. The number of ether oxygens (including phenoxy) is 1. The maximum atomic E-state index is 12.0. The zero-order valence-corrected chi connectivity index (χ0v) is 11.0. The Balaban J connectivity index is 2.33. The third-order valence-electron chi connectivity index (χ3n) is 3.29. The average molecular weight is 244 g/mol. The van der Waals surface area contributed by atoms with Crippen molar-refractivity contribution in [1.29, 1.82) is 0 Å². The molecule has 0 unspecified atom stereocenters. The smallest absolute Gasteiger partial charge is 0.228 e. The Labute approximate surface area is 103 Å². The maximum absolute atomic E-state index is 12.0. The van der Waals surface area contributed by atoms with Crippen molar-refractivity contribution >= 4 is 5.91 Å². The molecular weight excluding hydrogens is 220 g/mol. The van der Waals surface area contributed by atoms with E-state index >= 15 is 0 Å². The molecule has 0 aromatic heterocycles. The van der Waals surface area contributed by atoms with Crippen LogP contribution < -0.4 is 5.32 Å². The zero-order valence-electron chi connectivity index (χ0n) is 11.0. The minimum Gasteiger partial charge on any atom is -0.390 e. The SMILES string of the molecule is COCC1(C(=O)NC[C@H](O)CN(C)C)CCC1. The Bertz CT molecular complexity index is 252. The Kier molecular flexibility index (Phi) is 5.36. The van der Waals surface area contributed by atoms with E-state index in [4.69, 9.17) is 4.74 Å². The molecule has 1 saturated carbocycles. The summed E-state index contributed by atoms with van der Waals surface area (Å²) in [6.45, 7) is 1.34. The van der Waals surface area contributed by atoms with E-state index in [1.807, 2.05) is 19.0 Å². The van der Waals surface area contributed by atoms with Crippen LogP contribution in [0.5, 0.6) is 0 Å². The Hall–Kier alpha value is -0.650. The lowest BCUT2D eigenvalue weighted by molar-refractivity contribution is -0.141. The number of amides is 1. The monoisotopic (exact) mass is 244 g/mol. The molecule has 17 heavy (non-hydrogen) atoms. The number of hydrogen-bond donors (Lipinski definition) is 2. The number of likely N-dealkylation sites (N-methyl/N-ethyl adjacent to an activating group) is 1. The number of aliphatic hydroxyl groups is 1. The second-order valence-corrected chi connectivity index (χ2v) is 5.19. The highest BCUT2D eigenvalue weighted by Gasteiger charge is 2.44. The summed E-state index contributed by atoms with van der Waals surface area (Å²) in [5.41, 5.74) is -0.341. The van der Waals surface area contributed by atoms with E-state index in [-0.39, 0.29) is 11.3 Å². The number of hydrogen-bond acceptors (Lipinski definition) is 4. The second kappa shape index (κ2) is 6.33. The van der Waals surface area contributed by atoms with E-state index in [2.05, 4.69) is 5.32 Å². The molecule has 0 saturated heterocycles. The van der Waals surface area contributed by atoms with Crippen molar-refractivity contribution in [3.63, 3.8) is 0 Å². The highest BCUT2D eigenvalue weighted by atomic mass is 16.5. The number of nitrogens with zero attached hydrogens (tertiary/aromatic N) is 1. The fourth-order valence-electron chi connectivity index (χ4n) is 2.20. The molecule has 1 atom stereocenters. The van der Waals surface area contributed by atoms with Crippen LogP contribution in [0, 0.1) is 5.41 Å². The van der Waals surface area contributed by atoms with Crippen LogP contribution in [0.2, 0.25) is 0 Å². The van der Waals surface area contributed by atoms with Gasteiger partial charge < -0.3 is 20.1 Å². The number of rotatable bonds is 7. The van der Waals surface area contributed by atoms with Gasteiger partial charge in [-0.1, -0.05) is 6.42 Å². The first-order valence-corrected chi connectivity index (χ1v) is 6.10. The van der Waals surface area contributed by atoms with Crippen molar-refractivity contribution in [3.8, 4) is 0 Å². The van der Waals surface area contributed by atoms with Gasteiger partial charge in [-0.15, -0.1) is 0 Å². The molecule has 5 heteroatoms. The molecule has 1 fully saturated rings. The standard InChI is InChI=1S/C12H24N2O3/c1-14(2)8-10(15)7-13-11(16)12(9-17-3)5-4-6-12/h10,15H,4-9H2,1-3H3,(H,13,16)/t10-/m0/s1. The van der Waals surface area contributed by atoms with E-state index in [1.54, 1.807) is 7.11 Å². The van der Waals surface area contributed by atoms with Crippen LogP contribution in [0.25, 0.3) is 0 Å². The van der Waals surface area contributed by atoms with E-state index in [0.717, 1.165) is 19.3 Å². The normalized spacial score (nSPS) is 19.8. The van der Waals surface area contributed by atoms with Gasteiger partial charge in [0.2, 0.25) is 5.91 Å². The van der Waals surface area contributed by atoms with Crippen LogP contribution in [0.1, 0.15) is 19.3 Å². The van der Waals surface area contributed by atoms with Crippen LogP contribution in [0.3, 0.4) is 0 Å². The molecule has 1 rings (SSSR count). The van der Waals surface area contributed by atoms with Gasteiger partial charge in [-0.25, -0.2) is 0 Å². The van der Waals surface area contributed by atoms with Gasteiger partial charge in [0.1, 0.15) is 0 Å². The molecule has 0 aliphatic heterocycles. The van der Waals surface area contributed by atoms with Crippen molar-refractivity contribution < 1.29 is 14.6 Å². The summed E-state index contributed by atoms with van der Waals surface area (Å²) in [5, 5.41) is 12.5. The van der Waals surface area contributed by atoms with Crippen molar-refractivity contribution in [2.75, 3.05) is 40.9 Å². The van der Waals surface area contributed by atoms with Gasteiger partial charge in [-0.3, -0.25) is 4.79 Å². The number of aliphatic hydroxyl groups excluding tert-OH is 1. The molecule has 2 N–H and O–H groups in total. The molecule has 0 heterocycles. The first kappa shape index (κ1) is 14.4. The number of nitrogens with one attached hydrogen (secondary N) is 1. The number of carbonyl (C=O) groups excluding carboxylic acids is 1. The van der Waals surface area contributed by atoms with Crippen LogP contribution in [0.4, 0.5) is 0 Å². The molecule has 1 aliphatic carbocycles. The molecule has 1 aliphatic rings. The predicted octanol–water partition coefficient (Wildman–Crippen LogP) is -0.158. The van der Waals surface area contributed by atoms with Crippen molar-refractivity contribution in [3.05, 3.63) is 0 Å². The maximum Gasteiger partial charge on any atom is 0.228 e. The summed E-state index contributed by atoms with van der Waals surface area (Å²) in [5.74, 6) is 0.0170. The summed E-state index contributed by atoms with van der Waals surface area (Å²) in [7, 11) is 5.40. The van der Waals surface area contributed by atoms with Crippen molar-refractivity contribution in [2.24, 2.45) is 5.41 Å². The van der Waals surface area contributed by atoms with Gasteiger partial charge in [-0.2, -0.15) is 0 Å². The fraction of sp³-hybridized carbons (Fsp3) is 0.917. The minimum atomic E-state index is -0.520. The van der Waals surface area contributed by atoms with Crippen molar-refractivity contribution in [1.82, 2.24) is 10.2 Å². The molecule has 1 amide bonds. The van der Waals surface area contributed by atoms with E-state index in [9.17, 15) is 9.90 Å². The fourth-order valence-corrected chi connectivity index (χ4v) is 2.20. The van der Waals surface area contributed by atoms with E-state index in [1.165, 1.54) is 0 Å². The largest absolute Gasteiger partial charge is 0.390 e. The molecular formula is C12H24N2O3. The molecule has 100 valence electrons. The Morgan fingerprint density at radius 1 is 1.53 bits per heavy atom. The van der Waals surface area contributed by atoms with Gasteiger partial charge in [0, 0.05) is 20.2 Å². The third-order valence-corrected chi connectivity index (χ3v) is 3.29. The van der Waals surface area contributed by atoms with E-state index < -0.39 is 6.10 Å². The summed E-state index contributed by atoms with van der Waals surface area (Å²) in [6.07, 6.45) is 2.33. The molecule has 0 radical (unpaired) electrons. The summed E-state index contributed by atoms with van der Waals surface area (Å²) >= 11 is 0. The van der Waals surface area contributed by atoms with Gasteiger partial charge in [-0.05, 0) is 26.9 Å². The van der Waals surface area contributed by atoms with Gasteiger partial charge in [0.15, 0.2) is 0 Å². The molecule has 0 spiro atoms.